The summed E-state index contributed by atoms with van der Waals surface area (Å²) in [6, 6.07) is 5.66. The van der Waals surface area contributed by atoms with Crippen LogP contribution < -0.4 is 5.32 Å². The molecule has 0 fully saturated rings. The van der Waals surface area contributed by atoms with Crippen molar-refractivity contribution in [1.29, 1.82) is 0 Å². The number of anilines is 1. The number of aryl methyl sites for hydroxylation is 2. The molecule has 4 rings (SSSR count). The van der Waals surface area contributed by atoms with Gasteiger partial charge in [-0.1, -0.05) is 31.5 Å². The second-order valence-electron chi connectivity index (χ2n) is 8.01. The van der Waals surface area contributed by atoms with Crippen molar-refractivity contribution < 1.29 is 9.53 Å². The molecule has 0 saturated heterocycles. The van der Waals surface area contributed by atoms with Gasteiger partial charge in [-0.15, -0.1) is 12.4 Å². The van der Waals surface area contributed by atoms with Crippen molar-refractivity contribution >= 4 is 41.4 Å². The molecule has 2 heterocycles. The van der Waals surface area contributed by atoms with Crippen molar-refractivity contribution in [2.45, 2.75) is 65.8 Å². The fourth-order valence-electron chi connectivity index (χ4n) is 4.35. The van der Waals surface area contributed by atoms with Crippen molar-refractivity contribution in [1.82, 2.24) is 14.6 Å². The topological polar surface area (TPSA) is 68.5 Å². The number of esters is 1. The average molecular weight is 477 g/mol. The largest absolute Gasteiger partial charge is 0.462 e. The number of carbonyl (C=O) groups is 1. The lowest BCUT2D eigenvalue weighted by Crippen LogP contribution is -2.21. The van der Waals surface area contributed by atoms with Crippen LogP contribution in [0.15, 0.2) is 18.2 Å². The van der Waals surface area contributed by atoms with E-state index in [2.05, 4.69) is 19.2 Å². The third-order valence-electron chi connectivity index (χ3n) is 6.04. The zero-order valence-corrected chi connectivity index (χ0v) is 20.6. The molecule has 0 unspecified atom stereocenters. The monoisotopic (exact) mass is 476 g/mol. The number of nitrogens with one attached hydrogen (secondary N) is 1. The molecule has 1 aliphatic carbocycles. The second kappa shape index (κ2) is 10.1. The van der Waals surface area contributed by atoms with Gasteiger partial charge in [0.25, 0.3) is 0 Å². The molecule has 3 aromatic rings. The first kappa shape index (κ1) is 24.3. The molecule has 0 spiro atoms. The predicted molar refractivity (Wildman–Crippen MR) is 131 cm³/mol. The number of nitrogens with zero attached hydrogens (tertiary/aromatic N) is 3. The van der Waals surface area contributed by atoms with Crippen LogP contribution in [0.3, 0.4) is 0 Å². The number of halogens is 2. The molecule has 6 nitrogen and oxygen atoms in total. The Labute approximate surface area is 200 Å². The van der Waals surface area contributed by atoms with Crippen molar-refractivity contribution in [3.05, 3.63) is 45.7 Å². The smallest absolute Gasteiger partial charge is 0.338 e. The van der Waals surface area contributed by atoms with Gasteiger partial charge in [-0.05, 0) is 58.1 Å². The number of carbonyl (C=O) groups excluding carboxylic acids is 1. The van der Waals surface area contributed by atoms with Gasteiger partial charge in [0.2, 0.25) is 0 Å². The molecule has 0 atom stereocenters. The number of fused-ring (bicyclic) bond motifs is 2. The molecule has 32 heavy (non-hydrogen) atoms. The van der Waals surface area contributed by atoms with E-state index in [4.69, 9.17) is 26.4 Å². The molecule has 2 aromatic heterocycles. The third-order valence-corrected chi connectivity index (χ3v) is 6.35. The SMILES string of the molecule is CCOC(=O)c1ccc(-c2c(C)nn3c(NC(CC)CC)c4c(nc23)CCC4)c(Cl)c1.Cl. The minimum atomic E-state index is -0.375. The van der Waals surface area contributed by atoms with Gasteiger partial charge in [0.15, 0.2) is 5.65 Å². The molecule has 172 valence electrons. The van der Waals surface area contributed by atoms with E-state index >= 15 is 0 Å². The van der Waals surface area contributed by atoms with Crippen LogP contribution in [0, 0.1) is 6.92 Å². The van der Waals surface area contributed by atoms with Gasteiger partial charge >= 0.3 is 5.97 Å². The van der Waals surface area contributed by atoms with Gasteiger partial charge in [-0.2, -0.15) is 9.61 Å². The molecule has 0 amide bonds. The Balaban J connectivity index is 0.00000289. The van der Waals surface area contributed by atoms with Crippen LogP contribution in [0.1, 0.15) is 67.3 Å². The fraction of sp³-hybridized carbons (Fsp3) is 0.458. The third kappa shape index (κ3) is 4.30. The first-order valence-corrected chi connectivity index (χ1v) is 11.5. The lowest BCUT2D eigenvalue weighted by Gasteiger charge is -2.19. The van der Waals surface area contributed by atoms with E-state index in [-0.39, 0.29) is 18.4 Å². The summed E-state index contributed by atoms with van der Waals surface area (Å²) in [5, 5.41) is 9.08. The summed E-state index contributed by atoms with van der Waals surface area (Å²) in [6.07, 6.45) is 5.19. The van der Waals surface area contributed by atoms with Gasteiger partial charge in [0.1, 0.15) is 5.82 Å². The minimum Gasteiger partial charge on any atom is -0.462 e. The standard InChI is InChI=1S/C24H29ClN4O2.ClH/c1-5-16(6-2)26-22-18-9-8-10-20(18)27-23-21(14(4)28-29(22)23)17-12-11-15(13-19(17)25)24(30)31-7-3;/h11-13,16,26H,5-10H2,1-4H3;1H. The van der Waals surface area contributed by atoms with Gasteiger partial charge in [-0.25, -0.2) is 9.78 Å². The van der Waals surface area contributed by atoms with E-state index in [0.29, 0.717) is 23.2 Å². The summed E-state index contributed by atoms with van der Waals surface area (Å²) in [4.78, 5) is 17.1. The number of benzene rings is 1. The van der Waals surface area contributed by atoms with Crippen LogP contribution in [-0.4, -0.2) is 33.2 Å². The molecule has 0 aliphatic heterocycles. The van der Waals surface area contributed by atoms with Crippen LogP contribution in [0.5, 0.6) is 0 Å². The molecule has 1 N–H and O–H groups in total. The van der Waals surface area contributed by atoms with E-state index < -0.39 is 0 Å². The molecule has 1 aromatic carbocycles. The Morgan fingerprint density at radius 3 is 2.66 bits per heavy atom. The Morgan fingerprint density at radius 1 is 1.25 bits per heavy atom. The Bertz CT molecular complexity index is 1140. The molecular formula is C24H30Cl2N4O2. The predicted octanol–water partition coefficient (Wildman–Crippen LogP) is 6.05. The zero-order chi connectivity index (χ0) is 22.1. The second-order valence-corrected chi connectivity index (χ2v) is 8.42. The van der Waals surface area contributed by atoms with Crippen LogP contribution in [0.2, 0.25) is 5.02 Å². The van der Waals surface area contributed by atoms with E-state index in [9.17, 15) is 4.79 Å². The van der Waals surface area contributed by atoms with Crippen LogP contribution in [0.25, 0.3) is 16.8 Å². The molecule has 0 bridgehead atoms. The van der Waals surface area contributed by atoms with E-state index in [0.717, 1.165) is 66.1 Å². The Morgan fingerprint density at radius 2 is 2.00 bits per heavy atom. The van der Waals surface area contributed by atoms with Crippen molar-refractivity contribution in [3.63, 3.8) is 0 Å². The lowest BCUT2D eigenvalue weighted by atomic mass is 10.0. The van der Waals surface area contributed by atoms with E-state index in [1.54, 1.807) is 19.1 Å². The molecule has 0 radical (unpaired) electrons. The van der Waals surface area contributed by atoms with Gasteiger partial charge in [0, 0.05) is 27.9 Å². The van der Waals surface area contributed by atoms with E-state index in [1.807, 2.05) is 17.5 Å². The quantitative estimate of drug-likeness (QED) is 0.420. The maximum absolute atomic E-state index is 12.1. The number of aromatic nitrogens is 3. The molecule has 8 heteroatoms. The number of hydrogen-bond donors (Lipinski definition) is 1. The summed E-state index contributed by atoms with van der Waals surface area (Å²) >= 11 is 6.64. The summed E-state index contributed by atoms with van der Waals surface area (Å²) in [5.41, 5.74) is 6.24. The minimum absolute atomic E-state index is 0. The van der Waals surface area contributed by atoms with Gasteiger partial charge in [-0.3, -0.25) is 0 Å². The van der Waals surface area contributed by atoms with Crippen LogP contribution in [0.4, 0.5) is 5.82 Å². The van der Waals surface area contributed by atoms with Crippen molar-refractivity contribution in [2.24, 2.45) is 0 Å². The van der Waals surface area contributed by atoms with Crippen molar-refractivity contribution in [3.8, 4) is 11.1 Å². The summed E-state index contributed by atoms with van der Waals surface area (Å²) in [6.45, 7) is 8.49. The Hall–Kier alpha value is -2.31. The highest BCUT2D eigenvalue weighted by molar-refractivity contribution is 6.34. The number of hydrogen-bond acceptors (Lipinski definition) is 5. The summed E-state index contributed by atoms with van der Waals surface area (Å²) in [7, 11) is 0. The average Bonchev–Trinajstić information content (AvgIpc) is 3.35. The summed E-state index contributed by atoms with van der Waals surface area (Å²) < 4.78 is 7.04. The van der Waals surface area contributed by atoms with Crippen LogP contribution >= 0.6 is 24.0 Å². The highest BCUT2D eigenvalue weighted by atomic mass is 35.5. The number of rotatable bonds is 7. The van der Waals surface area contributed by atoms with Gasteiger partial charge in [0.05, 0.1) is 23.4 Å². The van der Waals surface area contributed by atoms with E-state index in [1.165, 1.54) is 5.56 Å². The highest BCUT2D eigenvalue weighted by Gasteiger charge is 2.26. The molecule has 0 saturated carbocycles. The lowest BCUT2D eigenvalue weighted by molar-refractivity contribution is 0.0526. The van der Waals surface area contributed by atoms with Crippen molar-refractivity contribution in [2.75, 3.05) is 11.9 Å². The first-order valence-electron chi connectivity index (χ1n) is 11.1. The summed E-state index contributed by atoms with van der Waals surface area (Å²) in [5.74, 6) is 0.681. The highest BCUT2D eigenvalue weighted by Crippen LogP contribution is 2.37. The number of ether oxygens (including phenoxy) is 1. The fourth-order valence-corrected chi connectivity index (χ4v) is 4.62. The van der Waals surface area contributed by atoms with Crippen LogP contribution in [-0.2, 0) is 17.6 Å². The normalized spacial score (nSPS) is 12.7. The molecular weight excluding hydrogens is 447 g/mol. The first-order chi connectivity index (χ1) is 15.0. The molecule has 1 aliphatic rings. The Kier molecular flexibility index (Phi) is 7.67. The maximum Gasteiger partial charge on any atom is 0.338 e. The van der Waals surface area contributed by atoms with Gasteiger partial charge < -0.3 is 10.1 Å². The maximum atomic E-state index is 12.1. The zero-order valence-electron chi connectivity index (χ0n) is 19.0.